The van der Waals surface area contributed by atoms with Crippen molar-refractivity contribution in [1.29, 1.82) is 0 Å². The van der Waals surface area contributed by atoms with Crippen LogP contribution in [0.3, 0.4) is 0 Å². The molecule has 2 rings (SSSR count). The van der Waals surface area contributed by atoms with Gasteiger partial charge >= 0.3 is 0 Å². The maximum Gasteiger partial charge on any atom is 0.152 e. The third-order valence-electron chi connectivity index (χ3n) is 5.25. The Balaban J connectivity index is 1.76. The van der Waals surface area contributed by atoms with Crippen LogP contribution in [-0.2, 0) is 27.1 Å². The minimum Gasteiger partial charge on any atom is -0.255 e. The van der Waals surface area contributed by atoms with Gasteiger partial charge in [0.1, 0.15) is 0 Å². The molecule has 0 radical (unpaired) electrons. The van der Waals surface area contributed by atoms with Crippen molar-refractivity contribution >= 4 is 20.6 Å². The number of aryl methyl sites for hydroxylation is 1. The second kappa shape index (κ2) is 8.61. The van der Waals surface area contributed by atoms with Gasteiger partial charge < -0.3 is 0 Å². The summed E-state index contributed by atoms with van der Waals surface area (Å²) in [5, 5.41) is -0.254. The lowest BCUT2D eigenvalue weighted by Crippen LogP contribution is -2.26. The summed E-state index contributed by atoms with van der Waals surface area (Å²) in [7, 11) is -3.82. The van der Waals surface area contributed by atoms with Gasteiger partial charge in [0, 0.05) is 22.0 Å². The average Bonchev–Trinajstić information content (AvgIpc) is 2.54. The molecule has 3 nitrogen and oxygen atoms in total. The Bertz CT molecular complexity index is 640. The molecule has 1 unspecified atom stereocenters. The number of benzene rings is 1. The van der Waals surface area contributed by atoms with Gasteiger partial charge in [0.05, 0.1) is 11.0 Å². The van der Waals surface area contributed by atoms with Crippen LogP contribution in [0.2, 0.25) is 0 Å². The quantitative estimate of drug-likeness (QED) is 0.729. The Morgan fingerprint density at radius 2 is 1.58 bits per heavy atom. The van der Waals surface area contributed by atoms with Gasteiger partial charge in [0.2, 0.25) is 0 Å². The molecule has 1 saturated carbocycles. The van der Waals surface area contributed by atoms with Crippen molar-refractivity contribution in [2.24, 2.45) is 11.8 Å². The molecule has 136 valence electrons. The second-order valence-electron chi connectivity index (χ2n) is 7.40. The summed E-state index contributed by atoms with van der Waals surface area (Å²) in [6, 6.07) is 8.08. The highest BCUT2D eigenvalue weighted by Gasteiger charge is 2.27. The minimum atomic E-state index is -2.91. The molecule has 0 heterocycles. The topological polar surface area (TPSA) is 51.2 Å². The van der Waals surface area contributed by atoms with Crippen molar-refractivity contribution in [2.45, 2.75) is 62.5 Å². The van der Waals surface area contributed by atoms with Crippen molar-refractivity contribution in [2.75, 3.05) is 12.0 Å². The van der Waals surface area contributed by atoms with E-state index in [1.807, 2.05) is 12.1 Å². The minimum absolute atomic E-state index is 0.254. The standard InChI is InChI=1S/C19H30O3S2/c1-15(2)24(21,22)14-18-8-6-16(7-9-18)4-5-17-10-12-19(13-11-17)23(3)20/h10-13,15-16,18H,4-9,14H2,1-3H3. The largest absolute Gasteiger partial charge is 0.255 e. The summed E-state index contributed by atoms with van der Waals surface area (Å²) in [5.74, 6) is 1.43. The fourth-order valence-electron chi connectivity index (χ4n) is 3.43. The van der Waals surface area contributed by atoms with Crippen molar-refractivity contribution < 1.29 is 12.6 Å². The number of rotatable bonds is 7. The number of sulfone groups is 1. The first-order valence-electron chi connectivity index (χ1n) is 8.92. The molecule has 0 aliphatic heterocycles. The van der Waals surface area contributed by atoms with Gasteiger partial charge in [-0.2, -0.15) is 0 Å². The number of hydrogen-bond acceptors (Lipinski definition) is 3. The Labute approximate surface area is 149 Å². The van der Waals surface area contributed by atoms with E-state index in [2.05, 4.69) is 12.1 Å². The third kappa shape index (κ3) is 5.69. The van der Waals surface area contributed by atoms with Crippen LogP contribution in [0.1, 0.15) is 51.5 Å². The van der Waals surface area contributed by atoms with Gasteiger partial charge in [-0.05, 0) is 69.1 Å². The lowest BCUT2D eigenvalue weighted by Gasteiger charge is -2.28. The first kappa shape index (κ1) is 19.6. The molecule has 1 aliphatic rings. The number of hydrogen-bond donors (Lipinski definition) is 0. The Hall–Kier alpha value is -0.680. The van der Waals surface area contributed by atoms with E-state index in [1.54, 1.807) is 20.1 Å². The van der Waals surface area contributed by atoms with E-state index in [9.17, 15) is 12.6 Å². The summed E-state index contributed by atoms with van der Waals surface area (Å²) >= 11 is 0. The smallest absolute Gasteiger partial charge is 0.152 e. The Morgan fingerprint density at radius 1 is 1.04 bits per heavy atom. The first-order chi connectivity index (χ1) is 11.3. The van der Waals surface area contributed by atoms with Crippen LogP contribution in [0.15, 0.2) is 29.2 Å². The molecular weight excluding hydrogens is 340 g/mol. The van der Waals surface area contributed by atoms with Crippen LogP contribution in [0, 0.1) is 11.8 Å². The monoisotopic (exact) mass is 370 g/mol. The zero-order chi connectivity index (χ0) is 17.7. The first-order valence-corrected chi connectivity index (χ1v) is 12.2. The normalized spacial score (nSPS) is 23.3. The van der Waals surface area contributed by atoms with E-state index in [0.29, 0.717) is 17.6 Å². The molecule has 1 fully saturated rings. The molecule has 0 N–H and O–H groups in total. The van der Waals surface area contributed by atoms with Gasteiger partial charge in [0.15, 0.2) is 9.84 Å². The molecule has 0 spiro atoms. The molecule has 24 heavy (non-hydrogen) atoms. The van der Waals surface area contributed by atoms with Crippen LogP contribution < -0.4 is 0 Å². The molecule has 0 bridgehead atoms. The maximum atomic E-state index is 12.0. The summed E-state index contributed by atoms with van der Waals surface area (Å²) in [4.78, 5) is 0.880. The predicted octanol–water partition coefficient (Wildman–Crippen LogP) is 3.99. The van der Waals surface area contributed by atoms with Gasteiger partial charge in [0.25, 0.3) is 0 Å². The van der Waals surface area contributed by atoms with Gasteiger partial charge in [-0.1, -0.05) is 25.0 Å². The van der Waals surface area contributed by atoms with E-state index >= 15 is 0 Å². The van der Waals surface area contributed by atoms with Crippen molar-refractivity contribution in [3.05, 3.63) is 29.8 Å². The molecule has 5 heteroatoms. The van der Waals surface area contributed by atoms with Crippen molar-refractivity contribution in [1.82, 2.24) is 0 Å². The summed E-state index contributed by atoms with van der Waals surface area (Å²) in [6.45, 7) is 3.56. The third-order valence-corrected chi connectivity index (χ3v) is 8.56. The van der Waals surface area contributed by atoms with Crippen LogP contribution in [-0.4, -0.2) is 29.9 Å². The average molecular weight is 371 g/mol. The lowest BCUT2D eigenvalue weighted by atomic mass is 9.80. The fourth-order valence-corrected chi connectivity index (χ4v) is 5.32. The molecular formula is C19H30O3S2. The zero-order valence-electron chi connectivity index (χ0n) is 15.0. The molecule has 1 atom stereocenters. The van der Waals surface area contributed by atoms with E-state index in [1.165, 1.54) is 5.56 Å². The lowest BCUT2D eigenvalue weighted by molar-refractivity contribution is 0.278. The molecule has 0 aromatic heterocycles. The highest BCUT2D eigenvalue weighted by Crippen LogP contribution is 2.33. The summed E-state index contributed by atoms with van der Waals surface area (Å²) in [5.41, 5.74) is 1.30. The van der Waals surface area contributed by atoms with E-state index < -0.39 is 20.6 Å². The fraction of sp³-hybridized carbons (Fsp3) is 0.684. The molecule has 0 saturated heterocycles. The van der Waals surface area contributed by atoms with E-state index in [-0.39, 0.29) is 5.25 Å². The highest BCUT2D eigenvalue weighted by atomic mass is 32.2. The maximum absolute atomic E-state index is 12.0. The second-order valence-corrected chi connectivity index (χ2v) is 11.4. The zero-order valence-corrected chi connectivity index (χ0v) is 16.7. The van der Waals surface area contributed by atoms with Gasteiger partial charge in [-0.15, -0.1) is 0 Å². The highest BCUT2D eigenvalue weighted by molar-refractivity contribution is 7.91. The SMILES string of the molecule is CC(C)S(=O)(=O)CC1CCC(CCc2ccc(S(C)=O)cc2)CC1. The molecule has 1 aromatic rings. The van der Waals surface area contributed by atoms with E-state index in [4.69, 9.17) is 0 Å². The van der Waals surface area contributed by atoms with Crippen molar-refractivity contribution in [3.8, 4) is 0 Å². The summed E-state index contributed by atoms with van der Waals surface area (Å²) < 4.78 is 35.5. The molecule has 0 amide bonds. The van der Waals surface area contributed by atoms with Crippen LogP contribution in [0.5, 0.6) is 0 Å². The van der Waals surface area contributed by atoms with Crippen LogP contribution in [0.25, 0.3) is 0 Å². The summed E-state index contributed by atoms with van der Waals surface area (Å²) in [6.07, 6.45) is 8.31. The van der Waals surface area contributed by atoms with Crippen molar-refractivity contribution in [3.63, 3.8) is 0 Å². The molecule has 1 aromatic carbocycles. The van der Waals surface area contributed by atoms with Crippen LogP contribution in [0.4, 0.5) is 0 Å². The Morgan fingerprint density at radius 3 is 2.08 bits per heavy atom. The molecule has 1 aliphatic carbocycles. The predicted molar refractivity (Wildman–Crippen MR) is 101 cm³/mol. The van der Waals surface area contributed by atoms with Gasteiger partial charge in [-0.25, -0.2) is 8.42 Å². The van der Waals surface area contributed by atoms with E-state index in [0.717, 1.165) is 43.4 Å². The van der Waals surface area contributed by atoms with Gasteiger partial charge in [-0.3, -0.25) is 4.21 Å². The van der Waals surface area contributed by atoms with Crippen LogP contribution >= 0.6 is 0 Å². The Kier molecular flexibility index (Phi) is 7.05.